The van der Waals surface area contributed by atoms with Crippen molar-refractivity contribution in [2.24, 2.45) is 5.73 Å². The lowest BCUT2D eigenvalue weighted by Gasteiger charge is -2.24. The lowest BCUT2D eigenvalue weighted by Crippen LogP contribution is -2.34. The van der Waals surface area contributed by atoms with Crippen molar-refractivity contribution in [1.82, 2.24) is 4.90 Å². The summed E-state index contributed by atoms with van der Waals surface area (Å²) >= 11 is 6.13. The maximum atomic E-state index is 6.13. The SMILES string of the molecule is COc1cc(C)c(CN(C)C(C)CN)cc1Cl. The largest absolute Gasteiger partial charge is 0.495 e. The Morgan fingerprint density at radius 2 is 2.12 bits per heavy atom. The standard InChI is InChI=1S/C13H21ClN2O/c1-9-5-13(17-4)12(14)6-11(9)8-16(3)10(2)7-15/h5-6,10H,7-8,15H2,1-4H3. The predicted octanol–water partition coefficient (Wildman–Crippen LogP) is 2.44. The van der Waals surface area contributed by atoms with Gasteiger partial charge in [-0.2, -0.15) is 0 Å². The van der Waals surface area contributed by atoms with Crippen molar-refractivity contribution in [2.75, 3.05) is 20.7 Å². The smallest absolute Gasteiger partial charge is 0.137 e. The van der Waals surface area contributed by atoms with Gasteiger partial charge in [-0.1, -0.05) is 11.6 Å². The fourth-order valence-electron chi connectivity index (χ4n) is 1.63. The van der Waals surface area contributed by atoms with Gasteiger partial charge in [0.2, 0.25) is 0 Å². The van der Waals surface area contributed by atoms with Crippen LogP contribution in [0.4, 0.5) is 0 Å². The number of benzene rings is 1. The number of methoxy groups -OCH3 is 1. The van der Waals surface area contributed by atoms with Gasteiger partial charge in [-0.3, -0.25) is 4.90 Å². The van der Waals surface area contributed by atoms with E-state index in [1.54, 1.807) is 7.11 Å². The first-order chi connectivity index (χ1) is 7.99. The number of hydrogen-bond donors (Lipinski definition) is 1. The molecule has 0 aliphatic carbocycles. The molecule has 0 saturated heterocycles. The molecule has 0 spiro atoms. The van der Waals surface area contributed by atoms with E-state index in [-0.39, 0.29) is 0 Å². The van der Waals surface area contributed by atoms with E-state index in [0.717, 1.165) is 12.3 Å². The van der Waals surface area contributed by atoms with Crippen molar-refractivity contribution in [1.29, 1.82) is 0 Å². The zero-order chi connectivity index (χ0) is 13.0. The van der Waals surface area contributed by atoms with Crippen LogP contribution in [0.5, 0.6) is 5.75 Å². The molecule has 3 nitrogen and oxygen atoms in total. The zero-order valence-electron chi connectivity index (χ0n) is 11.0. The molecule has 0 radical (unpaired) electrons. The molecule has 0 amide bonds. The maximum Gasteiger partial charge on any atom is 0.137 e. The molecule has 0 bridgehead atoms. The second-order valence-electron chi connectivity index (χ2n) is 4.41. The van der Waals surface area contributed by atoms with Crippen LogP contribution in [0.3, 0.4) is 0 Å². The van der Waals surface area contributed by atoms with E-state index < -0.39 is 0 Å². The molecular formula is C13H21ClN2O. The molecule has 17 heavy (non-hydrogen) atoms. The number of hydrogen-bond acceptors (Lipinski definition) is 3. The van der Waals surface area contributed by atoms with Gasteiger partial charge in [-0.05, 0) is 44.2 Å². The van der Waals surface area contributed by atoms with Gasteiger partial charge in [0.1, 0.15) is 5.75 Å². The molecule has 1 unspecified atom stereocenters. The number of nitrogens with zero attached hydrogens (tertiary/aromatic N) is 1. The summed E-state index contributed by atoms with van der Waals surface area (Å²) in [6, 6.07) is 4.30. The van der Waals surface area contributed by atoms with E-state index in [4.69, 9.17) is 22.1 Å². The Balaban J connectivity index is 2.88. The highest BCUT2D eigenvalue weighted by atomic mass is 35.5. The Morgan fingerprint density at radius 3 is 2.65 bits per heavy atom. The Labute approximate surface area is 109 Å². The summed E-state index contributed by atoms with van der Waals surface area (Å²) in [5.41, 5.74) is 8.04. The molecule has 1 aromatic carbocycles. The average molecular weight is 257 g/mol. The predicted molar refractivity (Wildman–Crippen MR) is 72.7 cm³/mol. The molecule has 0 aromatic heterocycles. The maximum absolute atomic E-state index is 6.13. The molecule has 0 fully saturated rings. The molecule has 0 aliphatic rings. The van der Waals surface area contributed by atoms with Crippen LogP contribution < -0.4 is 10.5 Å². The topological polar surface area (TPSA) is 38.5 Å². The third-order valence-electron chi connectivity index (χ3n) is 3.12. The Morgan fingerprint density at radius 1 is 1.47 bits per heavy atom. The lowest BCUT2D eigenvalue weighted by molar-refractivity contribution is 0.254. The molecule has 96 valence electrons. The first kappa shape index (κ1) is 14.3. The van der Waals surface area contributed by atoms with Crippen molar-refractivity contribution >= 4 is 11.6 Å². The van der Waals surface area contributed by atoms with Gasteiger partial charge < -0.3 is 10.5 Å². The van der Waals surface area contributed by atoms with Crippen LogP contribution in [-0.4, -0.2) is 31.6 Å². The van der Waals surface area contributed by atoms with E-state index in [1.165, 1.54) is 11.1 Å². The quantitative estimate of drug-likeness (QED) is 0.880. The molecule has 0 aliphatic heterocycles. The number of halogens is 1. The molecule has 2 N–H and O–H groups in total. The minimum absolute atomic E-state index is 0.357. The van der Waals surface area contributed by atoms with Crippen molar-refractivity contribution in [2.45, 2.75) is 26.4 Å². The van der Waals surface area contributed by atoms with Crippen LogP contribution in [0.25, 0.3) is 0 Å². The van der Waals surface area contributed by atoms with Gasteiger partial charge in [-0.25, -0.2) is 0 Å². The minimum Gasteiger partial charge on any atom is -0.495 e. The van der Waals surface area contributed by atoms with Crippen LogP contribution in [0.2, 0.25) is 5.02 Å². The molecule has 0 saturated carbocycles. The molecular weight excluding hydrogens is 236 g/mol. The molecule has 1 atom stereocenters. The van der Waals surface area contributed by atoms with E-state index in [0.29, 0.717) is 17.6 Å². The molecule has 0 heterocycles. The van der Waals surface area contributed by atoms with E-state index in [1.807, 2.05) is 12.1 Å². The van der Waals surface area contributed by atoms with Crippen LogP contribution in [-0.2, 0) is 6.54 Å². The Kier molecular flexibility index (Phi) is 5.25. The van der Waals surface area contributed by atoms with Gasteiger partial charge >= 0.3 is 0 Å². The van der Waals surface area contributed by atoms with Crippen molar-refractivity contribution in [3.05, 3.63) is 28.3 Å². The fourth-order valence-corrected chi connectivity index (χ4v) is 1.89. The second kappa shape index (κ2) is 6.24. The molecule has 1 rings (SSSR count). The summed E-state index contributed by atoms with van der Waals surface area (Å²) in [5, 5.41) is 0.655. The highest BCUT2D eigenvalue weighted by Crippen LogP contribution is 2.28. The number of rotatable bonds is 5. The van der Waals surface area contributed by atoms with Crippen molar-refractivity contribution < 1.29 is 4.74 Å². The first-order valence-electron chi connectivity index (χ1n) is 5.73. The van der Waals surface area contributed by atoms with Crippen molar-refractivity contribution in [3.63, 3.8) is 0 Å². The minimum atomic E-state index is 0.357. The van der Waals surface area contributed by atoms with Crippen LogP contribution in [0.15, 0.2) is 12.1 Å². The van der Waals surface area contributed by atoms with Gasteiger partial charge in [-0.15, -0.1) is 0 Å². The number of likely N-dealkylation sites (N-methyl/N-ethyl adjacent to an activating group) is 1. The normalized spacial score (nSPS) is 12.9. The second-order valence-corrected chi connectivity index (χ2v) is 4.82. The highest BCUT2D eigenvalue weighted by molar-refractivity contribution is 6.32. The molecule has 4 heteroatoms. The summed E-state index contributed by atoms with van der Waals surface area (Å²) < 4.78 is 5.19. The van der Waals surface area contributed by atoms with E-state index >= 15 is 0 Å². The average Bonchev–Trinajstić information content (AvgIpc) is 2.32. The van der Waals surface area contributed by atoms with Gasteiger partial charge in [0, 0.05) is 19.1 Å². The third kappa shape index (κ3) is 3.60. The lowest BCUT2D eigenvalue weighted by atomic mass is 10.1. The number of nitrogens with two attached hydrogens (primary N) is 1. The van der Waals surface area contributed by atoms with Gasteiger partial charge in [0.15, 0.2) is 0 Å². The summed E-state index contributed by atoms with van der Waals surface area (Å²) in [6.45, 7) is 5.67. The Hall–Kier alpha value is -0.770. The van der Waals surface area contributed by atoms with Gasteiger partial charge in [0.05, 0.1) is 12.1 Å². The monoisotopic (exact) mass is 256 g/mol. The zero-order valence-corrected chi connectivity index (χ0v) is 11.7. The fraction of sp³-hybridized carbons (Fsp3) is 0.538. The summed E-state index contributed by atoms with van der Waals surface area (Å²) in [4.78, 5) is 2.21. The van der Waals surface area contributed by atoms with Crippen LogP contribution in [0, 0.1) is 6.92 Å². The first-order valence-corrected chi connectivity index (χ1v) is 6.10. The van der Waals surface area contributed by atoms with Crippen LogP contribution in [0.1, 0.15) is 18.1 Å². The third-order valence-corrected chi connectivity index (χ3v) is 3.42. The summed E-state index contributed by atoms with van der Waals surface area (Å²) in [6.07, 6.45) is 0. The number of ether oxygens (including phenoxy) is 1. The van der Waals surface area contributed by atoms with E-state index in [2.05, 4.69) is 25.8 Å². The molecule has 1 aromatic rings. The highest BCUT2D eigenvalue weighted by Gasteiger charge is 2.11. The summed E-state index contributed by atoms with van der Waals surface area (Å²) in [7, 11) is 3.69. The van der Waals surface area contributed by atoms with Crippen molar-refractivity contribution in [3.8, 4) is 5.75 Å². The van der Waals surface area contributed by atoms with Gasteiger partial charge in [0.25, 0.3) is 0 Å². The summed E-state index contributed by atoms with van der Waals surface area (Å²) in [5.74, 6) is 0.724. The van der Waals surface area contributed by atoms with Crippen LogP contribution >= 0.6 is 11.6 Å². The number of aryl methyl sites for hydroxylation is 1. The van der Waals surface area contributed by atoms with E-state index in [9.17, 15) is 0 Å². The Bertz CT molecular complexity index is 382.